The van der Waals surface area contributed by atoms with Gasteiger partial charge in [0.2, 0.25) is 0 Å². The summed E-state index contributed by atoms with van der Waals surface area (Å²) in [6.45, 7) is 0. The number of benzene rings is 7. The van der Waals surface area contributed by atoms with Gasteiger partial charge in [-0.05, 0) is 71.8 Å². The Hall–Kier alpha value is -4.68. The zero-order valence-electron chi connectivity index (χ0n) is 23.5. The van der Waals surface area contributed by atoms with Crippen molar-refractivity contribution in [2.45, 2.75) is 0 Å². The lowest BCUT2D eigenvalue weighted by atomic mass is 9.84. The highest BCUT2D eigenvalue weighted by Crippen LogP contribution is 2.45. The molecule has 0 spiro atoms. The largest absolute Gasteiger partial charge is 0.0629 e. The third kappa shape index (κ3) is 3.31. The second-order valence-corrected chi connectivity index (χ2v) is 9.02. The highest BCUT2D eigenvalue weighted by atomic mass is 14.2. The van der Waals surface area contributed by atoms with Crippen molar-refractivity contribution in [3.63, 3.8) is 0 Å². The summed E-state index contributed by atoms with van der Waals surface area (Å²) in [4.78, 5) is 0. The first-order chi connectivity index (χ1) is 19.5. The molecule has 0 aromatic heterocycles. The first kappa shape index (κ1) is 16.9. The maximum Gasteiger partial charge on any atom is 0.0629 e. The van der Waals surface area contributed by atoms with E-state index in [1.807, 2.05) is 60.7 Å². The molecule has 0 aliphatic rings. The predicted octanol–water partition coefficient (Wildman–Crippen LogP) is 10.1. The molecule has 0 amide bonds. The molecule has 0 heteroatoms. The van der Waals surface area contributed by atoms with Crippen LogP contribution >= 0.6 is 0 Å². The zero-order chi connectivity index (χ0) is 27.4. The van der Waals surface area contributed by atoms with Gasteiger partial charge in [-0.1, -0.05) is 139 Å². The van der Waals surface area contributed by atoms with Crippen molar-refractivity contribution in [1.29, 1.82) is 0 Å². The van der Waals surface area contributed by atoms with Crippen LogP contribution in [0.1, 0.15) is 5.48 Å². The Morgan fingerprint density at radius 2 is 1.06 bits per heavy atom. The summed E-state index contributed by atoms with van der Waals surface area (Å²) in [6.07, 6.45) is 0. The molecule has 0 heterocycles. The van der Waals surface area contributed by atoms with E-state index in [2.05, 4.69) is 60.7 Å². The van der Waals surface area contributed by atoms with Gasteiger partial charge < -0.3 is 0 Å². The van der Waals surface area contributed by atoms with Crippen LogP contribution in [-0.2, 0) is 0 Å². The second-order valence-electron chi connectivity index (χ2n) is 9.02. The molecule has 36 heavy (non-hydrogen) atoms. The Balaban J connectivity index is 1.73. The number of rotatable bonds is 3. The van der Waals surface area contributed by atoms with Crippen LogP contribution in [-0.4, -0.2) is 0 Å². The lowest BCUT2D eigenvalue weighted by Gasteiger charge is -2.19. The van der Waals surface area contributed by atoms with Crippen LogP contribution in [0.15, 0.2) is 145 Å². The standard InChI is InChI=1S/C36H24/c1-2-12-25(13-3-1)30-19-8-9-21-33(30)36-31-20-7-5-15-27(31)24-28-17-11-23-34(35(28)36)32-22-10-16-26-14-4-6-18-29(26)32/h1-24H/i5D,7D,15D,20D. The summed E-state index contributed by atoms with van der Waals surface area (Å²) in [6, 6.07) is 40.6. The Kier molecular flexibility index (Phi) is 3.99. The van der Waals surface area contributed by atoms with Gasteiger partial charge in [-0.25, -0.2) is 0 Å². The van der Waals surface area contributed by atoms with Crippen molar-refractivity contribution in [1.82, 2.24) is 0 Å². The molecular formula is C36H24. The molecule has 0 aliphatic heterocycles. The average Bonchev–Trinajstić information content (AvgIpc) is 3.01. The van der Waals surface area contributed by atoms with Gasteiger partial charge in [0.25, 0.3) is 0 Å². The van der Waals surface area contributed by atoms with Crippen LogP contribution in [0.2, 0.25) is 0 Å². The van der Waals surface area contributed by atoms with E-state index in [0.717, 1.165) is 54.9 Å². The van der Waals surface area contributed by atoms with E-state index in [4.69, 9.17) is 5.48 Å². The molecular weight excluding hydrogens is 432 g/mol. The summed E-state index contributed by atoms with van der Waals surface area (Å²) in [5.74, 6) is 0. The molecule has 7 aromatic rings. The van der Waals surface area contributed by atoms with Crippen LogP contribution in [0.3, 0.4) is 0 Å². The quantitative estimate of drug-likeness (QED) is 0.230. The summed E-state index contributed by atoms with van der Waals surface area (Å²) in [5, 5.41) is 5.24. The van der Waals surface area contributed by atoms with Crippen LogP contribution in [0.4, 0.5) is 0 Å². The molecule has 7 rings (SSSR count). The van der Waals surface area contributed by atoms with Crippen LogP contribution < -0.4 is 0 Å². The monoisotopic (exact) mass is 460 g/mol. The molecule has 0 fully saturated rings. The maximum atomic E-state index is 9.08. The summed E-state index contributed by atoms with van der Waals surface area (Å²) >= 11 is 0. The van der Waals surface area contributed by atoms with Gasteiger partial charge in [0, 0.05) is 0 Å². The van der Waals surface area contributed by atoms with Crippen molar-refractivity contribution in [3.05, 3.63) is 145 Å². The molecule has 0 unspecified atom stereocenters. The molecule has 0 bridgehead atoms. The number of hydrogen-bond acceptors (Lipinski definition) is 0. The number of fused-ring (bicyclic) bond motifs is 3. The Morgan fingerprint density at radius 3 is 1.94 bits per heavy atom. The lowest BCUT2D eigenvalue weighted by Crippen LogP contribution is -1.92. The average molecular weight is 461 g/mol. The first-order valence-corrected chi connectivity index (χ1v) is 12.1. The van der Waals surface area contributed by atoms with E-state index < -0.39 is 0 Å². The van der Waals surface area contributed by atoms with Gasteiger partial charge in [0.15, 0.2) is 0 Å². The van der Waals surface area contributed by atoms with Gasteiger partial charge in [-0.15, -0.1) is 0 Å². The molecule has 168 valence electrons. The second kappa shape index (κ2) is 8.52. The van der Waals surface area contributed by atoms with Crippen molar-refractivity contribution >= 4 is 32.3 Å². The highest BCUT2D eigenvalue weighted by Gasteiger charge is 2.18. The molecule has 0 atom stereocenters. The van der Waals surface area contributed by atoms with Gasteiger partial charge in [-0.3, -0.25) is 0 Å². The van der Waals surface area contributed by atoms with Gasteiger partial charge in [0.05, 0.1) is 5.48 Å². The van der Waals surface area contributed by atoms with Crippen LogP contribution in [0.25, 0.3) is 65.7 Å². The fourth-order valence-corrected chi connectivity index (χ4v) is 5.40. The minimum absolute atomic E-state index is 0.0214. The van der Waals surface area contributed by atoms with Crippen LogP contribution in [0.5, 0.6) is 0 Å². The van der Waals surface area contributed by atoms with Crippen molar-refractivity contribution in [2.24, 2.45) is 0 Å². The van der Waals surface area contributed by atoms with Crippen molar-refractivity contribution in [2.75, 3.05) is 0 Å². The summed E-state index contributed by atoms with van der Waals surface area (Å²) < 4.78 is 34.9. The third-order valence-electron chi connectivity index (χ3n) is 6.97. The predicted molar refractivity (Wildman–Crippen MR) is 155 cm³/mol. The van der Waals surface area contributed by atoms with Gasteiger partial charge >= 0.3 is 0 Å². The molecule has 0 nitrogen and oxygen atoms in total. The van der Waals surface area contributed by atoms with E-state index in [9.17, 15) is 0 Å². The Bertz CT molecular complexity index is 2090. The van der Waals surface area contributed by atoms with E-state index in [1.54, 1.807) is 0 Å². The van der Waals surface area contributed by atoms with Crippen LogP contribution in [0, 0.1) is 0 Å². The minimum atomic E-state index is -0.224. The molecule has 0 radical (unpaired) electrons. The van der Waals surface area contributed by atoms with Crippen molar-refractivity contribution in [3.8, 4) is 33.4 Å². The van der Waals surface area contributed by atoms with E-state index in [0.29, 0.717) is 10.8 Å². The minimum Gasteiger partial charge on any atom is -0.0622 e. The topological polar surface area (TPSA) is 0 Å². The zero-order valence-corrected chi connectivity index (χ0v) is 19.5. The van der Waals surface area contributed by atoms with Crippen molar-refractivity contribution < 1.29 is 5.48 Å². The lowest BCUT2D eigenvalue weighted by molar-refractivity contribution is 1.61. The fraction of sp³-hybridized carbons (Fsp3) is 0. The van der Waals surface area contributed by atoms with E-state index in [-0.39, 0.29) is 24.2 Å². The molecule has 7 aromatic carbocycles. The maximum absolute atomic E-state index is 9.08. The van der Waals surface area contributed by atoms with Gasteiger partial charge in [0.1, 0.15) is 0 Å². The molecule has 0 N–H and O–H groups in total. The van der Waals surface area contributed by atoms with E-state index in [1.165, 1.54) is 0 Å². The molecule has 0 aliphatic carbocycles. The highest BCUT2D eigenvalue weighted by molar-refractivity contribution is 6.20. The third-order valence-corrected chi connectivity index (χ3v) is 6.97. The summed E-state index contributed by atoms with van der Waals surface area (Å²) in [7, 11) is 0. The Labute approximate surface area is 216 Å². The SMILES string of the molecule is [2H]c1c([2H])c([2H])c2c(-c3ccccc3-c3ccccc3)c3c(-c4cccc5ccccc45)cccc3cc2c1[2H]. The molecule has 0 saturated heterocycles. The Morgan fingerprint density at radius 1 is 0.417 bits per heavy atom. The summed E-state index contributed by atoms with van der Waals surface area (Å²) in [5.41, 5.74) is 5.93. The normalized spacial score (nSPS) is 12.9. The first-order valence-electron chi connectivity index (χ1n) is 14.1. The van der Waals surface area contributed by atoms with Gasteiger partial charge in [-0.2, -0.15) is 0 Å². The fourth-order valence-electron chi connectivity index (χ4n) is 5.40. The molecule has 0 saturated carbocycles. The smallest absolute Gasteiger partial charge is 0.0622 e. The number of hydrogen-bond donors (Lipinski definition) is 0. The van der Waals surface area contributed by atoms with E-state index >= 15 is 0 Å².